The van der Waals surface area contributed by atoms with E-state index in [9.17, 15) is 4.79 Å². The minimum atomic E-state index is -0.172. The number of benzene rings is 1. The Labute approximate surface area is 106 Å². The van der Waals surface area contributed by atoms with Crippen molar-refractivity contribution in [2.45, 2.75) is 20.0 Å². The van der Waals surface area contributed by atoms with E-state index in [4.69, 9.17) is 21.4 Å². The topological polar surface area (TPSA) is 58.6 Å². The van der Waals surface area contributed by atoms with Gasteiger partial charge < -0.3 is 15.2 Å². The van der Waals surface area contributed by atoms with Crippen LogP contribution < -0.4 is 10.1 Å². The van der Waals surface area contributed by atoms with Gasteiger partial charge in [0, 0.05) is 6.54 Å². The van der Waals surface area contributed by atoms with Crippen LogP contribution in [0.25, 0.3) is 0 Å². The molecule has 0 aliphatic carbocycles. The Balaban J connectivity index is 2.49. The molecule has 0 aliphatic rings. The third-order valence-electron chi connectivity index (χ3n) is 2.11. The van der Waals surface area contributed by atoms with Crippen LogP contribution in [0.3, 0.4) is 0 Å². The summed E-state index contributed by atoms with van der Waals surface area (Å²) in [4.78, 5) is 11.3. The number of rotatable bonds is 6. The number of aliphatic hydroxyl groups is 1. The zero-order valence-corrected chi connectivity index (χ0v) is 10.5. The van der Waals surface area contributed by atoms with E-state index in [0.29, 0.717) is 22.9 Å². The minimum absolute atomic E-state index is 0.0573. The molecule has 0 radical (unpaired) electrons. The fraction of sp³-hybridized carbons (Fsp3) is 0.417. The largest absolute Gasteiger partial charge is 0.482 e. The van der Waals surface area contributed by atoms with E-state index in [1.165, 1.54) is 0 Å². The van der Waals surface area contributed by atoms with Crippen LogP contribution in [0.2, 0.25) is 5.02 Å². The Hall–Kier alpha value is -1.26. The molecule has 1 aromatic carbocycles. The lowest BCUT2D eigenvalue weighted by Gasteiger charge is -2.09. The second kappa shape index (κ2) is 7.14. The zero-order chi connectivity index (χ0) is 12.7. The predicted octanol–water partition coefficient (Wildman–Crippen LogP) is 1.74. The first kappa shape index (κ1) is 13.8. The van der Waals surface area contributed by atoms with Crippen molar-refractivity contribution in [3.8, 4) is 5.75 Å². The first-order chi connectivity index (χ1) is 8.17. The number of nitrogens with one attached hydrogen (secondary N) is 1. The fourth-order valence-electron chi connectivity index (χ4n) is 1.22. The molecule has 94 valence electrons. The molecule has 0 unspecified atom stereocenters. The van der Waals surface area contributed by atoms with Crippen molar-refractivity contribution in [2.24, 2.45) is 0 Å². The molecule has 0 atom stereocenters. The van der Waals surface area contributed by atoms with Gasteiger partial charge in [0.1, 0.15) is 5.75 Å². The Bertz CT molecular complexity index is 382. The Morgan fingerprint density at radius 1 is 1.53 bits per heavy atom. The first-order valence-electron chi connectivity index (χ1n) is 5.46. The van der Waals surface area contributed by atoms with Crippen molar-refractivity contribution in [2.75, 3.05) is 13.2 Å². The van der Waals surface area contributed by atoms with Crippen molar-refractivity contribution < 1.29 is 14.6 Å². The van der Waals surface area contributed by atoms with Crippen LogP contribution in [0.5, 0.6) is 5.75 Å². The summed E-state index contributed by atoms with van der Waals surface area (Å²) in [5, 5.41) is 12.0. The molecule has 0 heterocycles. The van der Waals surface area contributed by atoms with Crippen LogP contribution >= 0.6 is 11.6 Å². The van der Waals surface area contributed by atoms with E-state index in [1.54, 1.807) is 18.2 Å². The van der Waals surface area contributed by atoms with Gasteiger partial charge in [0.25, 0.3) is 5.91 Å². The van der Waals surface area contributed by atoms with Gasteiger partial charge in [0.15, 0.2) is 6.61 Å². The van der Waals surface area contributed by atoms with Crippen molar-refractivity contribution >= 4 is 17.5 Å². The quantitative estimate of drug-likeness (QED) is 0.816. The molecular weight excluding hydrogens is 242 g/mol. The molecule has 0 aliphatic heterocycles. The third-order valence-corrected chi connectivity index (χ3v) is 2.41. The summed E-state index contributed by atoms with van der Waals surface area (Å²) < 4.78 is 5.27. The van der Waals surface area contributed by atoms with E-state index >= 15 is 0 Å². The summed E-state index contributed by atoms with van der Waals surface area (Å²) in [6, 6.07) is 4.95. The molecule has 0 bridgehead atoms. The molecule has 5 heteroatoms. The third kappa shape index (κ3) is 4.63. The highest BCUT2D eigenvalue weighted by Crippen LogP contribution is 2.25. The van der Waals surface area contributed by atoms with Crippen LogP contribution in [0.1, 0.15) is 18.9 Å². The number of hydrogen-bond donors (Lipinski definition) is 2. The summed E-state index contributed by atoms with van der Waals surface area (Å²) in [6.07, 6.45) is 0.887. The van der Waals surface area contributed by atoms with Gasteiger partial charge in [0.2, 0.25) is 0 Å². The van der Waals surface area contributed by atoms with Gasteiger partial charge in [-0.2, -0.15) is 0 Å². The lowest BCUT2D eigenvalue weighted by Crippen LogP contribution is -2.29. The van der Waals surface area contributed by atoms with Gasteiger partial charge in [-0.1, -0.05) is 24.6 Å². The maximum absolute atomic E-state index is 11.3. The SMILES string of the molecule is CCCNC(=O)COc1ccc(CO)cc1Cl. The maximum Gasteiger partial charge on any atom is 0.257 e. The number of aliphatic hydroxyl groups excluding tert-OH is 1. The summed E-state index contributed by atoms with van der Waals surface area (Å²) in [5.41, 5.74) is 0.706. The van der Waals surface area contributed by atoms with E-state index in [-0.39, 0.29) is 19.1 Å². The molecule has 0 saturated heterocycles. The van der Waals surface area contributed by atoms with Crippen LogP contribution in [0, 0.1) is 0 Å². The summed E-state index contributed by atoms with van der Waals surface area (Å²) in [6.45, 7) is 2.49. The van der Waals surface area contributed by atoms with Crippen molar-refractivity contribution in [1.82, 2.24) is 5.32 Å². The molecule has 4 nitrogen and oxygen atoms in total. The van der Waals surface area contributed by atoms with E-state index < -0.39 is 0 Å². The van der Waals surface area contributed by atoms with E-state index in [1.807, 2.05) is 6.92 Å². The molecule has 2 N–H and O–H groups in total. The Morgan fingerprint density at radius 3 is 2.88 bits per heavy atom. The second-order valence-corrected chi connectivity index (χ2v) is 3.97. The van der Waals surface area contributed by atoms with Gasteiger partial charge in [-0.15, -0.1) is 0 Å². The summed E-state index contributed by atoms with van der Waals surface area (Å²) in [5.74, 6) is 0.268. The summed E-state index contributed by atoms with van der Waals surface area (Å²) >= 11 is 5.93. The lowest BCUT2D eigenvalue weighted by atomic mass is 10.2. The highest BCUT2D eigenvalue weighted by Gasteiger charge is 2.05. The maximum atomic E-state index is 11.3. The molecular formula is C12H16ClNO3. The highest BCUT2D eigenvalue weighted by molar-refractivity contribution is 6.32. The Kier molecular flexibility index (Phi) is 5.80. The van der Waals surface area contributed by atoms with Crippen LogP contribution in [0.15, 0.2) is 18.2 Å². The van der Waals surface area contributed by atoms with E-state index in [2.05, 4.69) is 5.32 Å². The van der Waals surface area contributed by atoms with Gasteiger partial charge in [-0.3, -0.25) is 4.79 Å². The van der Waals surface area contributed by atoms with Gasteiger partial charge in [-0.25, -0.2) is 0 Å². The average molecular weight is 258 g/mol. The first-order valence-corrected chi connectivity index (χ1v) is 5.84. The molecule has 1 amide bonds. The van der Waals surface area contributed by atoms with E-state index in [0.717, 1.165) is 6.42 Å². The number of amides is 1. The van der Waals surface area contributed by atoms with Crippen LogP contribution in [0.4, 0.5) is 0 Å². The normalized spacial score (nSPS) is 10.1. The number of hydrogen-bond acceptors (Lipinski definition) is 3. The van der Waals surface area contributed by atoms with Gasteiger partial charge in [0.05, 0.1) is 11.6 Å². The minimum Gasteiger partial charge on any atom is -0.482 e. The van der Waals surface area contributed by atoms with Crippen LogP contribution in [-0.4, -0.2) is 24.2 Å². The lowest BCUT2D eigenvalue weighted by molar-refractivity contribution is -0.123. The number of carbonyl (C=O) groups is 1. The zero-order valence-electron chi connectivity index (χ0n) is 9.70. The fourth-order valence-corrected chi connectivity index (χ4v) is 1.48. The molecule has 1 aromatic rings. The van der Waals surface area contributed by atoms with Gasteiger partial charge in [-0.05, 0) is 24.1 Å². The molecule has 0 fully saturated rings. The standard InChI is InChI=1S/C12H16ClNO3/c1-2-5-14-12(16)8-17-11-4-3-9(7-15)6-10(11)13/h3-4,6,15H,2,5,7-8H2,1H3,(H,14,16). The molecule has 0 aromatic heterocycles. The second-order valence-electron chi connectivity index (χ2n) is 3.56. The summed E-state index contributed by atoms with van der Waals surface area (Å²) in [7, 11) is 0. The number of ether oxygens (including phenoxy) is 1. The average Bonchev–Trinajstić information content (AvgIpc) is 2.34. The predicted molar refractivity (Wildman–Crippen MR) is 66.2 cm³/mol. The van der Waals surface area contributed by atoms with Crippen molar-refractivity contribution in [1.29, 1.82) is 0 Å². The smallest absolute Gasteiger partial charge is 0.257 e. The van der Waals surface area contributed by atoms with Gasteiger partial charge >= 0.3 is 0 Å². The van der Waals surface area contributed by atoms with Crippen molar-refractivity contribution in [3.63, 3.8) is 0 Å². The molecule has 1 rings (SSSR count). The molecule has 17 heavy (non-hydrogen) atoms. The van der Waals surface area contributed by atoms with Crippen molar-refractivity contribution in [3.05, 3.63) is 28.8 Å². The molecule has 0 spiro atoms. The number of halogens is 1. The molecule has 0 saturated carbocycles. The highest BCUT2D eigenvalue weighted by atomic mass is 35.5. The number of carbonyl (C=O) groups excluding carboxylic acids is 1. The monoisotopic (exact) mass is 257 g/mol. The Morgan fingerprint density at radius 2 is 2.29 bits per heavy atom. The van der Waals surface area contributed by atoms with Crippen LogP contribution in [-0.2, 0) is 11.4 Å².